The van der Waals surface area contributed by atoms with Gasteiger partial charge in [0.05, 0.1) is 19.0 Å². The van der Waals surface area contributed by atoms with Crippen LogP contribution in [-0.4, -0.2) is 35.5 Å². The van der Waals surface area contributed by atoms with Crippen LogP contribution in [0.1, 0.15) is 11.1 Å². The molecule has 5 nitrogen and oxygen atoms in total. The number of carbonyl (C=O) groups is 1. The van der Waals surface area contributed by atoms with Gasteiger partial charge in [0.25, 0.3) is 5.24 Å². The summed E-state index contributed by atoms with van der Waals surface area (Å²) in [6.07, 6.45) is 0.616. The lowest BCUT2D eigenvalue weighted by molar-refractivity contribution is 0.152. The minimum absolute atomic E-state index is 0.148. The van der Waals surface area contributed by atoms with E-state index in [4.69, 9.17) is 9.47 Å². The summed E-state index contributed by atoms with van der Waals surface area (Å²) >= 11 is 1.14. The average molecular weight is 359 g/mol. The predicted molar refractivity (Wildman–Crippen MR) is 98.3 cm³/mol. The summed E-state index contributed by atoms with van der Waals surface area (Å²) in [7, 11) is 1.67. The van der Waals surface area contributed by atoms with Gasteiger partial charge in [0.1, 0.15) is 17.7 Å². The lowest BCUT2D eigenvalue weighted by Crippen LogP contribution is -2.31. The quantitative estimate of drug-likeness (QED) is 0.795. The van der Waals surface area contributed by atoms with Gasteiger partial charge in [0, 0.05) is 6.42 Å². The van der Waals surface area contributed by atoms with E-state index in [1.54, 1.807) is 7.11 Å². The maximum Gasteiger partial charge on any atom is 0.281 e. The molecule has 0 saturated carbocycles. The molecule has 25 heavy (non-hydrogen) atoms. The first-order chi connectivity index (χ1) is 12.2. The molecule has 0 aliphatic carbocycles. The third kappa shape index (κ3) is 4.67. The molecule has 1 aliphatic heterocycles. The Labute approximate surface area is 151 Å². The van der Waals surface area contributed by atoms with E-state index in [2.05, 4.69) is 5.32 Å². The molecule has 1 aliphatic rings. The van der Waals surface area contributed by atoms with Gasteiger partial charge in [0.15, 0.2) is 0 Å². The third-order valence-electron chi connectivity index (χ3n) is 4.07. The van der Waals surface area contributed by atoms with Crippen molar-refractivity contribution < 1.29 is 19.4 Å². The number of para-hydroxylation sites is 1. The minimum Gasteiger partial charge on any atom is -0.496 e. The molecule has 2 unspecified atom stereocenters. The van der Waals surface area contributed by atoms with Crippen molar-refractivity contribution in [1.82, 2.24) is 5.32 Å². The molecule has 0 bridgehead atoms. The highest BCUT2D eigenvalue weighted by atomic mass is 32.2. The Morgan fingerprint density at radius 3 is 2.60 bits per heavy atom. The fourth-order valence-electron chi connectivity index (χ4n) is 2.75. The molecule has 1 fully saturated rings. The van der Waals surface area contributed by atoms with Crippen molar-refractivity contribution in [2.24, 2.45) is 0 Å². The van der Waals surface area contributed by atoms with Crippen LogP contribution in [0, 0.1) is 0 Å². The summed E-state index contributed by atoms with van der Waals surface area (Å²) in [5.41, 5.74) is 2.18. The molecular formula is C19H21NO4S. The summed E-state index contributed by atoms with van der Waals surface area (Å²) in [5.74, 6) is 1.67. The number of amides is 1. The molecule has 6 heteroatoms. The van der Waals surface area contributed by atoms with Gasteiger partial charge in [-0.2, -0.15) is 0 Å². The van der Waals surface area contributed by atoms with Crippen molar-refractivity contribution in [3.8, 4) is 11.5 Å². The smallest absolute Gasteiger partial charge is 0.281 e. The number of aliphatic hydroxyl groups excluding tert-OH is 1. The Bertz CT molecular complexity index is 720. The van der Waals surface area contributed by atoms with Gasteiger partial charge in [0.2, 0.25) is 0 Å². The fourth-order valence-corrected chi connectivity index (χ4v) is 3.68. The van der Waals surface area contributed by atoms with Crippen LogP contribution >= 0.6 is 11.8 Å². The van der Waals surface area contributed by atoms with E-state index in [1.165, 1.54) is 0 Å². The molecule has 0 radical (unpaired) electrons. The lowest BCUT2D eigenvalue weighted by atomic mass is 10.1. The van der Waals surface area contributed by atoms with E-state index in [9.17, 15) is 9.90 Å². The summed E-state index contributed by atoms with van der Waals surface area (Å²) in [6.45, 7) is 0.565. The SMILES string of the molecule is COc1ccccc1CCOc1ccc(CC2SC(=O)NC2O)cc1. The maximum atomic E-state index is 11.3. The number of aliphatic hydroxyl groups is 1. The molecule has 2 N–H and O–H groups in total. The van der Waals surface area contributed by atoms with Crippen molar-refractivity contribution in [3.05, 3.63) is 59.7 Å². The zero-order valence-electron chi connectivity index (χ0n) is 14.0. The van der Waals surface area contributed by atoms with Gasteiger partial charge in [-0.05, 0) is 35.7 Å². The molecule has 1 heterocycles. The topological polar surface area (TPSA) is 67.8 Å². The first-order valence-corrected chi connectivity index (χ1v) is 9.02. The van der Waals surface area contributed by atoms with Crippen molar-refractivity contribution in [3.63, 3.8) is 0 Å². The van der Waals surface area contributed by atoms with Crippen LogP contribution in [0.3, 0.4) is 0 Å². The molecule has 2 aromatic rings. The molecule has 2 aromatic carbocycles. The van der Waals surface area contributed by atoms with Crippen molar-refractivity contribution >= 4 is 17.0 Å². The molecule has 2 atom stereocenters. The highest BCUT2D eigenvalue weighted by Crippen LogP contribution is 2.26. The van der Waals surface area contributed by atoms with E-state index in [0.29, 0.717) is 13.0 Å². The molecule has 1 saturated heterocycles. The van der Waals surface area contributed by atoms with Gasteiger partial charge in [-0.25, -0.2) is 0 Å². The Balaban J connectivity index is 1.50. The second-order valence-electron chi connectivity index (χ2n) is 5.79. The number of hydrogen-bond acceptors (Lipinski definition) is 5. The Morgan fingerprint density at radius 1 is 1.16 bits per heavy atom. The second-order valence-corrected chi connectivity index (χ2v) is 7.00. The zero-order valence-corrected chi connectivity index (χ0v) is 14.8. The van der Waals surface area contributed by atoms with Crippen molar-refractivity contribution in [2.75, 3.05) is 13.7 Å². The average Bonchev–Trinajstić information content (AvgIpc) is 2.94. The summed E-state index contributed by atoms with van der Waals surface area (Å²) in [6, 6.07) is 15.7. The zero-order chi connectivity index (χ0) is 17.6. The minimum atomic E-state index is -0.783. The van der Waals surface area contributed by atoms with E-state index >= 15 is 0 Å². The Hall–Kier alpha value is -2.18. The fraction of sp³-hybridized carbons (Fsp3) is 0.316. The van der Waals surface area contributed by atoms with Crippen LogP contribution in [-0.2, 0) is 12.8 Å². The highest BCUT2D eigenvalue weighted by molar-refractivity contribution is 8.14. The van der Waals surface area contributed by atoms with Gasteiger partial charge in [-0.3, -0.25) is 4.79 Å². The summed E-state index contributed by atoms with van der Waals surface area (Å²) in [5, 5.41) is 11.9. The van der Waals surface area contributed by atoms with Crippen LogP contribution in [0.4, 0.5) is 4.79 Å². The molecule has 132 valence electrons. The van der Waals surface area contributed by atoms with E-state index < -0.39 is 6.23 Å². The number of nitrogens with one attached hydrogen (secondary N) is 1. The molecule has 1 amide bonds. The molecule has 0 aromatic heterocycles. The van der Waals surface area contributed by atoms with Crippen molar-refractivity contribution in [2.45, 2.75) is 24.3 Å². The number of carbonyl (C=O) groups excluding carboxylic acids is 1. The standard InChI is InChI=1S/C19H21NO4S/c1-23-16-5-3-2-4-14(16)10-11-24-15-8-6-13(7-9-15)12-17-18(21)20-19(22)25-17/h2-9,17-18,21H,10-12H2,1H3,(H,20,22). The molecule has 0 spiro atoms. The van der Waals surface area contributed by atoms with E-state index in [0.717, 1.165) is 40.8 Å². The Kier molecular flexibility index (Phi) is 5.83. The third-order valence-corrected chi connectivity index (χ3v) is 5.13. The van der Waals surface area contributed by atoms with E-state index in [-0.39, 0.29) is 10.5 Å². The summed E-state index contributed by atoms with van der Waals surface area (Å²) < 4.78 is 11.1. The number of benzene rings is 2. The number of thioether (sulfide) groups is 1. The predicted octanol–water partition coefficient (Wildman–Crippen LogP) is 3.00. The van der Waals surface area contributed by atoms with Crippen LogP contribution in [0.15, 0.2) is 48.5 Å². The van der Waals surface area contributed by atoms with Gasteiger partial charge < -0.3 is 19.9 Å². The first-order valence-electron chi connectivity index (χ1n) is 8.14. The maximum absolute atomic E-state index is 11.3. The van der Waals surface area contributed by atoms with Gasteiger partial charge in [-0.1, -0.05) is 42.1 Å². The molecular weight excluding hydrogens is 338 g/mol. The normalized spacial score (nSPS) is 19.5. The lowest BCUT2D eigenvalue weighted by Gasteiger charge is -2.13. The van der Waals surface area contributed by atoms with Crippen LogP contribution in [0.25, 0.3) is 0 Å². The first kappa shape index (κ1) is 17.6. The van der Waals surface area contributed by atoms with Crippen LogP contribution < -0.4 is 14.8 Å². The number of rotatable bonds is 7. The van der Waals surface area contributed by atoms with Crippen LogP contribution in [0.5, 0.6) is 11.5 Å². The summed E-state index contributed by atoms with van der Waals surface area (Å²) in [4.78, 5) is 11.3. The number of hydrogen-bond donors (Lipinski definition) is 2. The van der Waals surface area contributed by atoms with Gasteiger partial charge >= 0.3 is 0 Å². The Morgan fingerprint density at radius 2 is 1.92 bits per heavy atom. The van der Waals surface area contributed by atoms with Gasteiger partial charge in [-0.15, -0.1) is 0 Å². The number of methoxy groups -OCH3 is 1. The highest BCUT2D eigenvalue weighted by Gasteiger charge is 2.31. The molecule has 3 rings (SSSR count). The number of ether oxygens (including phenoxy) is 2. The monoisotopic (exact) mass is 359 g/mol. The van der Waals surface area contributed by atoms with Crippen molar-refractivity contribution in [1.29, 1.82) is 0 Å². The largest absolute Gasteiger partial charge is 0.496 e. The second kappa shape index (κ2) is 8.27. The van der Waals surface area contributed by atoms with Crippen LogP contribution in [0.2, 0.25) is 0 Å². The van der Waals surface area contributed by atoms with E-state index in [1.807, 2.05) is 48.5 Å².